The van der Waals surface area contributed by atoms with Crippen molar-refractivity contribution in [3.05, 3.63) is 0 Å². The van der Waals surface area contributed by atoms with Crippen LogP contribution < -0.4 is 5.32 Å². The molecular weight excluding hydrogens is 222 g/mol. The van der Waals surface area contributed by atoms with Crippen molar-refractivity contribution in [3.8, 4) is 0 Å². The van der Waals surface area contributed by atoms with Crippen LogP contribution in [0.25, 0.3) is 0 Å². The molecule has 0 aliphatic carbocycles. The van der Waals surface area contributed by atoms with Crippen LogP contribution in [0.5, 0.6) is 0 Å². The molecule has 18 heavy (non-hydrogen) atoms. The number of hydrogen-bond acceptors (Lipinski definition) is 3. The molecule has 4 unspecified atom stereocenters. The lowest BCUT2D eigenvalue weighted by atomic mass is 9.92. The first-order valence-electron chi connectivity index (χ1n) is 8.00. The van der Waals surface area contributed by atoms with E-state index in [9.17, 15) is 0 Å². The van der Waals surface area contributed by atoms with E-state index in [1.807, 2.05) is 0 Å². The van der Waals surface area contributed by atoms with Crippen LogP contribution in [0.15, 0.2) is 0 Å². The maximum Gasteiger partial charge on any atom is 0.0264 e. The fourth-order valence-electron chi connectivity index (χ4n) is 4.36. The number of nitrogens with zero attached hydrogens (tertiary/aromatic N) is 2. The highest BCUT2D eigenvalue weighted by Crippen LogP contribution is 2.29. The third kappa shape index (κ3) is 2.33. The quantitative estimate of drug-likeness (QED) is 0.803. The Labute approximate surface area is 112 Å². The summed E-state index contributed by atoms with van der Waals surface area (Å²) >= 11 is 0. The van der Waals surface area contributed by atoms with E-state index in [1.165, 1.54) is 58.4 Å². The van der Waals surface area contributed by atoms with Gasteiger partial charge in [-0.25, -0.2) is 0 Å². The van der Waals surface area contributed by atoms with Gasteiger partial charge in [0.1, 0.15) is 0 Å². The first-order chi connectivity index (χ1) is 8.79. The Bertz CT molecular complexity index is 281. The molecule has 0 amide bonds. The lowest BCUT2D eigenvalue weighted by molar-refractivity contribution is -0.0131. The van der Waals surface area contributed by atoms with Crippen LogP contribution in [0.2, 0.25) is 0 Å². The first-order valence-corrected chi connectivity index (χ1v) is 8.00. The molecule has 0 aromatic rings. The minimum absolute atomic E-state index is 0.748. The summed E-state index contributed by atoms with van der Waals surface area (Å²) in [5.74, 6) is 0.877. The normalized spacial score (nSPS) is 43.0. The highest BCUT2D eigenvalue weighted by Gasteiger charge is 2.39. The average Bonchev–Trinajstić information content (AvgIpc) is 2.86. The molecule has 0 spiro atoms. The summed E-state index contributed by atoms with van der Waals surface area (Å²) in [7, 11) is 0. The van der Waals surface area contributed by atoms with Gasteiger partial charge in [0.2, 0.25) is 0 Å². The van der Waals surface area contributed by atoms with Crippen LogP contribution >= 0.6 is 0 Å². The highest BCUT2D eigenvalue weighted by molar-refractivity contribution is 4.96. The molecule has 0 bridgehead atoms. The van der Waals surface area contributed by atoms with E-state index < -0.39 is 0 Å². The van der Waals surface area contributed by atoms with Gasteiger partial charge in [-0.2, -0.15) is 0 Å². The molecule has 0 aromatic carbocycles. The summed E-state index contributed by atoms with van der Waals surface area (Å²) in [6.45, 7) is 11.2. The summed E-state index contributed by atoms with van der Waals surface area (Å²) in [4.78, 5) is 5.59. The molecule has 0 saturated carbocycles. The van der Waals surface area contributed by atoms with Gasteiger partial charge in [0, 0.05) is 37.8 Å². The Morgan fingerprint density at radius 3 is 2.89 bits per heavy atom. The Kier molecular flexibility index (Phi) is 3.92. The zero-order valence-electron chi connectivity index (χ0n) is 12.1. The van der Waals surface area contributed by atoms with Crippen molar-refractivity contribution >= 4 is 0 Å². The van der Waals surface area contributed by atoms with Crippen molar-refractivity contribution in [1.29, 1.82) is 0 Å². The minimum atomic E-state index is 0.748. The molecule has 0 aromatic heterocycles. The van der Waals surface area contributed by atoms with Gasteiger partial charge in [-0.15, -0.1) is 0 Å². The molecule has 3 saturated heterocycles. The summed E-state index contributed by atoms with van der Waals surface area (Å²) in [5.41, 5.74) is 0. The molecule has 4 atom stereocenters. The van der Waals surface area contributed by atoms with Crippen LogP contribution in [0.1, 0.15) is 39.5 Å². The van der Waals surface area contributed by atoms with Crippen LogP contribution in [0.4, 0.5) is 0 Å². The summed E-state index contributed by atoms with van der Waals surface area (Å²) in [5, 5.41) is 3.61. The second kappa shape index (κ2) is 5.48. The Morgan fingerprint density at radius 1 is 1.17 bits per heavy atom. The molecule has 104 valence electrons. The zero-order chi connectivity index (χ0) is 12.5. The van der Waals surface area contributed by atoms with E-state index in [0.29, 0.717) is 0 Å². The Balaban J connectivity index is 1.68. The monoisotopic (exact) mass is 251 g/mol. The van der Waals surface area contributed by atoms with Gasteiger partial charge in [-0.3, -0.25) is 9.80 Å². The Morgan fingerprint density at radius 2 is 2.06 bits per heavy atom. The van der Waals surface area contributed by atoms with Crippen LogP contribution in [0.3, 0.4) is 0 Å². The van der Waals surface area contributed by atoms with E-state index in [2.05, 4.69) is 29.0 Å². The van der Waals surface area contributed by atoms with Gasteiger partial charge >= 0.3 is 0 Å². The summed E-state index contributed by atoms with van der Waals surface area (Å²) in [6, 6.07) is 2.40. The van der Waals surface area contributed by atoms with Crippen molar-refractivity contribution < 1.29 is 0 Å². The van der Waals surface area contributed by atoms with Gasteiger partial charge in [-0.05, 0) is 38.8 Å². The van der Waals surface area contributed by atoms with Crippen LogP contribution in [-0.2, 0) is 0 Å². The topological polar surface area (TPSA) is 18.5 Å². The lowest BCUT2D eigenvalue weighted by Crippen LogP contribution is -2.62. The number of rotatable bonds is 2. The summed E-state index contributed by atoms with van der Waals surface area (Å²) < 4.78 is 0. The van der Waals surface area contributed by atoms with Gasteiger partial charge in [0.15, 0.2) is 0 Å². The average molecular weight is 251 g/mol. The van der Waals surface area contributed by atoms with Crippen molar-refractivity contribution in [2.45, 2.75) is 57.7 Å². The van der Waals surface area contributed by atoms with Crippen molar-refractivity contribution in [1.82, 2.24) is 15.1 Å². The SMILES string of the molecule is CCC1CNCC1N1CC2CCCCN2CC1C. The number of piperidine rings is 1. The molecule has 3 heterocycles. The van der Waals surface area contributed by atoms with E-state index in [-0.39, 0.29) is 0 Å². The van der Waals surface area contributed by atoms with E-state index in [0.717, 1.165) is 24.0 Å². The third-order valence-corrected chi connectivity index (χ3v) is 5.49. The molecule has 3 heteroatoms. The molecule has 3 rings (SSSR count). The molecule has 3 fully saturated rings. The van der Waals surface area contributed by atoms with Crippen molar-refractivity contribution in [2.24, 2.45) is 5.92 Å². The van der Waals surface area contributed by atoms with Crippen molar-refractivity contribution in [2.75, 3.05) is 32.7 Å². The third-order valence-electron chi connectivity index (χ3n) is 5.49. The molecule has 0 radical (unpaired) electrons. The number of fused-ring (bicyclic) bond motifs is 1. The molecule has 1 N–H and O–H groups in total. The number of hydrogen-bond donors (Lipinski definition) is 1. The van der Waals surface area contributed by atoms with E-state index >= 15 is 0 Å². The largest absolute Gasteiger partial charge is 0.315 e. The predicted octanol–water partition coefficient (Wildman–Crippen LogP) is 1.54. The van der Waals surface area contributed by atoms with Crippen LogP contribution in [-0.4, -0.2) is 60.6 Å². The van der Waals surface area contributed by atoms with E-state index in [1.54, 1.807) is 0 Å². The highest BCUT2D eigenvalue weighted by atomic mass is 15.3. The standard InChI is InChI=1S/C15H29N3/c1-3-13-8-16-9-15(13)18-11-14-6-4-5-7-17(14)10-12(18)2/h12-16H,3-11H2,1-2H3. The van der Waals surface area contributed by atoms with E-state index in [4.69, 9.17) is 0 Å². The maximum atomic E-state index is 3.61. The number of piperazine rings is 1. The zero-order valence-corrected chi connectivity index (χ0v) is 12.1. The fourth-order valence-corrected chi connectivity index (χ4v) is 4.36. The lowest BCUT2D eigenvalue weighted by Gasteiger charge is -2.50. The van der Waals surface area contributed by atoms with Gasteiger partial charge in [0.05, 0.1) is 0 Å². The van der Waals surface area contributed by atoms with Crippen molar-refractivity contribution in [3.63, 3.8) is 0 Å². The smallest absolute Gasteiger partial charge is 0.0264 e. The summed E-state index contributed by atoms with van der Waals surface area (Å²) in [6.07, 6.45) is 5.63. The Hall–Kier alpha value is -0.120. The molecule has 3 nitrogen and oxygen atoms in total. The minimum Gasteiger partial charge on any atom is -0.315 e. The van der Waals surface area contributed by atoms with Crippen LogP contribution in [0, 0.1) is 5.92 Å². The fraction of sp³-hybridized carbons (Fsp3) is 1.00. The molecule has 3 aliphatic heterocycles. The molecular formula is C15H29N3. The predicted molar refractivity (Wildman–Crippen MR) is 75.8 cm³/mol. The van der Waals surface area contributed by atoms with Gasteiger partial charge in [0.25, 0.3) is 0 Å². The molecule has 3 aliphatic rings. The second-order valence-electron chi connectivity index (χ2n) is 6.58. The van der Waals surface area contributed by atoms with Gasteiger partial charge < -0.3 is 5.32 Å². The second-order valence-corrected chi connectivity index (χ2v) is 6.58. The first kappa shape index (κ1) is 12.9. The maximum absolute atomic E-state index is 3.61. The number of nitrogens with one attached hydrogen (secondary N) is 1. The van der Waals surface area contributed by atoms with Gasteiger partial charge in [-0.1, -0.05) is 19.8 Å².